The van der Waals surface area contributed by atoms with Gasteiger partial charge in [-0.15, -0.1) is 0 Å². The Morgan fingerprint density at radius 1 is 1.33 bits per heavy atom. The van der Waals surface area contributed by atoms with E-state index in [1.165, 1.54) is 7.11 Å². The van der Waals surface area contributed by atoms with E-state index in [2.05, 4.69) is 15.8 Å². The van der Waals surface area contributed by atoms with Crippen LogP contribution in [0.3, 0.4) is 0 Å². The molecule has 0 radical (unpaired) electrons. The monoisotopic (exact) mass is 374 g/mol. The molecule has 144 valence electrons. The first-order chi connectivity index (χ1) is 12.9. The summed E-state index contributed by atoms with van der Waals surface area (Å²) in [6, 6.07) is 5.00. The Labute approximate surface area is 157 Å². The average Bonchev–Trinajstić information content (AvgIpc) is 3.10. The molecule has 0 atom stereocenters. The number of aryl methyl sites for hydroxylation is 1. The molecule has 0 saturated carbocycles. The summed E-state index contributed by atoms with van der Waals surface area (Å²) in [6.45, 7) is 3.82. The second-order valence-electron chi connectivity index (χ2n) is 5.95. The molecule has 2 aromatic rings. The minimum atomic E-state index is -1.03. The van der Waals surface area contributed by atoms with E-state index in [4.69, 9.17) is 4.74 Å². The minimum Gasteiger partial charge on any atom is -0.495 e. The Balaban J connectivity index is 2.08. The maximum absolute atomic E-state index is 14.1. The van der Waals surface area contributed by atoms with Crippen LogP contribution in [0.25, 0.3) is 11.8 Å². The van der Waals surface area contributed by atoms with E-state index in [1.807, 2.05) is 20.0 Å². The number of hydrogen-bond acceptors (Lipinski definition) is 4. The number of halogens is 1. The summed E-state index contributed by atoms with van der Waals surface area (Å²) in [5, 5.41) is 0. The number of nitrogens with zero attached hydrogens (tertiary/aromatic N) is 2. The number of imidazole rings is 1. The Hall–Kier alpha value is -3.16. The third-order valence-electron chi connectivity index (χ3n) is 3.78. The van der Waals surface area contributed by atoms with Crippen LogP contribution in [0, 0.1) is 6.92 Å². The van der Waals surface area contributed by atoms with E-state index in [9.17, 15) is 14.0 Å². The fraction of sp³-hybridized carbons (Fsp3) is 0.316. The zero-order valence-corrected chi connectivity index (χ0v) is 15.6. The summed E-state index contributed by atoms with van der Waals surface area (Å²) in [6.07, 6.45) is 6.38. The highest BCUT2D eigenvalue weighted by molar-refractivity contribution is 5.96. The molecule has 2 amide bonds. The first-order valence-corrected chi connectivity index (χ1v) is 8.60. The van der Waals surface area contributed by atoms with Gasteiger partial charge in [0, 0.05) is 12.6 Å². The van der Waals surface area contributed by atoms with E-state index < -0.39 is 11.7 Å². The fourth-order valence-electron chi connectivity index (χ4n) is 2.35. The van der Waals surface area contributed by atoms with E-state index in [0.29, 0.717) is 17.7 Å². The number of benzene rings is 1. The van der Waals surface area contributed by atoms with E-state index in [0.717, 1.165) is 23.9 Å². The summed E-state index contributed by atoms with van der Waals surface area (Å²) in [7, 11) is 1.50. The molecular formula is C19H23FN4O3. The van der Waals surface area contributed by atoms with Crippen LogP contribution in [0.5, 0.6) is 5.75 Å². The minimum absolute atomic E-state index is 0.272. The van der Waals surface area contributed by atoms with Crippen LogP contribution >= 0.6 is 0 Å². The molecule has 2 N–H and O–H groups in total. The second kappa shape index (κ2) is 9.51. The summed E-state index contributed by atoms with van der Waals surface area (Å²) >= 11 is 0. The van der Waals surface area contributed by atoms with Crippen molar-refractivity contribution >= 4 is 17.9 Å². The SMILES string of the molecule is CCCCC(=O)NNC(=O)/C(F)=C/c1ccc(-n2cnc(C)c2)c(OC)c1. The summed E-state index contributed by atoms with van der Waals surface area (Å²) < 4.78 is 21.2. The molecule has 0 unspecified atom stereocenters. The van der Waals surface area contributed by atoms with Crippen LogP contribution in [0.15, 0.2) is 36.6 Å². The summed E-state index contributed by atoms with van der Waals surface area (Å²) in [5.41, 5.74) is 6.27. The topological polar surface area (TPSA) is 85.3 Å². The van der Waals surface area contributed by atoms with Gasteiger partial charge in [-0.25, -0.2) is 9.37 Å². The predicted octanol–water partition coefficient (Wildman–Crippen LogP) is 2.84. The van der Waals surface area contributed by atoms with Crippen LogP contribution in [0.4, 0.5) is 4.39 Å². The normalized spacial score (nSPS) is 11.2. The summed E-state index contributed by atoms with van der Waals surface area (Å²) in [5.74, 6) is -1.91. The van der Waals surface area contributed by atoms with Crippen LogP contribution in [0.1, 0.15) is 37.4 Å². The molecule has 1 aromatic heterocycles. The van der Waals surface area contributed by atoms with Crippen molar-refractivity contribution < 1.29 is 18.7 Å². The maximum atomic E-state index is 14.1. The molecule has 0 aliphatic rings. The van der Waals surface area contributed by atoms with Crippen LogP contribution in [0.2, 0.25) is 0 Å². The molecule has 7 nitrogen and oxygen atoms in total. The third-order valence-corrected chi connectivity index (χ3v) is 3.78. The summed E-state index contributed by atoms with van der Waals surface area (Å²) in [4.78, 5) is 27.4. The highest BCUT2D eigenvalue weighted by Crippen LogP contribution is 2.25. The number of hydrogen-bond donors (Lipinski definition) is 2. The van der Waals surface area contributed by atoms with Gasteiger partial charge in [0.2, 0.25) is 5.91 Å². The standard InChI is InChI=1S/C19H23FN4O3/c1-4-5-6-18(25)22-23-19(26)15(20)9-14-7-8-16(17(10-14)27-3)24-11-13(2)21-12-24/h7-12H,4-6H2,1-3H3,(H,22,25)(H,23,26)/b15-9-. The third kappa shape index (κ3) is 5.67. The van der Waals surface area contributed by atoms with Gasteiger partial charge in [-0.1, -0.05) is 19.4 Å². The van der Waals surface area contributed by atoms with E-state index >= 15 is 0 Å². The molecule has 1 aromatic carbocycles. The van der Waals surface area contributed by atoms with Gasteiger partial charge < -0.3 is 9.30 Å². The molecule has 0 bridgehead atoms. The predicted molar refractivity (Wildman–Crippen MR) is 99.7 cm³/mol. The highest BCUT2D eigenvalue weighted by atomic mass is 19.1. The number of rotatable bonds is 7. The lowest BCUT2D eigenvalue weighted by molar-refractivity contribution is -0.127. The van der Waals surface area contributed by atoms with Crippen molar-refractivity contribution in [3.63, 3.8) is 0 Å². The van der Waals surface area contributed by atoms with Crippen LogP contribution in [-0.4, -0.2) is 28.5 Å². The molecular weight excluding hydrogens is 351 g/mol. The van der Waals surface area contributed by atoms with Gasteiger partial charge in [-0.3, -0.25) is 20.4 Å². The van der Waals surface area contributed by atoms with Crippen LogP contribution < -0.4 is 15.6 Å². The molecule has 1 heterocycles. The van der Waals surface area contributed by atoms with E-state index in [-0.39, 0.29) is 12.3 Å². The first-order valence-electron chi connectivity index (χ1n) is 8.60. The van der Waals surface area contributed by atoms with Gasteiger partial charge in [0.25, 0.3) is 5.91 Å². The molecule has 0 spiro atoms. The van der Waals surface area contributed by atoms with Crippen molar-refractivity contribution in [1.82, 2.24) is 20.4 Å². The Bertz CT molecular complexity index is 845. The smallest absolute Gasteiger partial charge is 0.298 e. The molecule has 0 saturated heterocycles. The van der Waals surface area contributed by atoms with Gasteiger partial charge in [-0.2, -0.15) is 0 Å². The van der Waals surface area contributed by atoms with Crippen molar-refractivity contribution in [2.75, 3.05) is 7.11 Å². The van der Waals surface area contributed by atoms with E-state index in [1.54, 1.807) is 29.1 Å². The van der Waals surface area contributed by atoms with Crippen molar-refractivity contribution in [2.45, 2.75) is 33.1 Å². The Kier molecular flexibility index (Phi) is 7.10. The number of ether oxygens (including phenoxy) is 1. The van der Waals surface area contributed by atoms with Gasteiger partial charge in [0.15, 0.2) is 5.83 Å². The quantitative estimate of drug-likeness (QED) is 0.576. The lowest BCUT2D eigenvalue weighted by Gasteiger charge is -2.10. The van der Waals surface area contributed by atoms with Gasteiger partial charge >= 0.3 is 0 Å². The van der Waals surface area contributed by atoms with Gasteiger partial charge in [0.1, 0.15) is 5.75 Å². The van der Waals surface area contributed by atoms with Gasteiger partial charge in [0.05, 0.1) is 24.8 Å². The van der Waals surface area contributed by atoms with Crippen molar-refractivity contribution in [3.05, 3.63) is 47.8 Å². The molecule has 0 aliphatic heterocycles. The maximum Gasteiger partial charge on any atom is 0.298 e. The molecule has 2 rings (SSSR count). The number of unbranched alkanes of at least 4 members (excludes halogenated alkanes) is 1. The largest absolute Gasteiger partial charge is 0.495 e. The number of carbonyl (C=O) groups excluding carboxylic acids is 2. The van der Waals surface area contributed by atoms with Crippen molar-refractivity contribution in [1.29, 1.82) is 0 Å². The second-order valence-corrected chi connectivity index (χ2v) is 5.95. The van der Waals surface area contributed by atoms with Crippen LogP contribution in [-0.2, 0) is 9.59 Å². The van der Waals surface area contributed by atoms with Crippen molar-refractivity contribution in [2.24, 2.45) is 0 Å². The Morgan fingerprint density at radius 3 is 2.74 bits per heavy atom. The lowest BCUT2D eigenvalue weighted by atomic mass is 10.1. The zero-order chi connectivity index (χ0) is 19.8. The molecule has 0 aliphatic carbocycles. The average molecular weight is 374 g/mol. The number of amides is 2. The zero-order valence-electron chi connectivity index (χ0n) is 15.6. The molecule has 27 heavy (non-hydrogen) atoms. The lowest BCUT2D eigenvalue weighted by Crippen LogP contribution is -2.41. The number of carbonyl (C=O) groups is 2. The number of methoxy groups -OCH3 is 1. The number of aromatic nitrogens is 2. The fourth-order valence-corrected chi connectivity index (χ4v) is 2.35. The molecule has 0 fully saturated rings. The Morgan fingerprint density at radius 2 is 2.11 bits per heavy atom. The number of hydrazine groups is 1. The van der Waals surface area contributed by atoms with Crippen molar-refractivity contribution in [3.8, 4) is 11.4 Å². The van der Waals surface area contributed by atoms with Gasteiger partial charge in [-0.05, 0) is 37.1 Å². The number of nitrogens with one attached hydrogen (secondary N) is 2. The molecule has 8 heteroatoms. The highest BCUT2D eigenvalue weighted by Gasteiger charge is 2.12. The first kappa shape index (κ1) is 20.2.